The standard InChI is InChI=1S/C14H14FN3O/c1-9-6-10(15)2-3-11(9)14-16-12-4-5-18(8-19)7-13(12)17-14/h2-3,6,8H,4-5,7H2,1H3,(H,16,17). The number of rotatable bonds is 2. The smallest absolute Gasteiger partial charge is 0.210 e. The lowest BCUT2D eigenvalue weighted by atomic mass is 10.1. The zero-order valence-corrected chi connectivity index (χ0v) is 10.6. The molecule has 0 fully saturated rings. The topological polar surface area (TPSA) is 49.0 Å². The molecule has 1 N–H and O–H groups in total. The highest BCUT2D eigenvalue weighted by molar-refractivity contribution is 5.61. The molecule has 3 rings (SSSR count). The lowest BCUT2D eigenvalue weighted by Crippen LogP contribution is -2.29. The molecule has 0 bridgehead atoms. The largest absolute Gasteiger partial charge is 0.340 e. The maximum atomic E-state index is 13.1. The number of aromatic nitrogens is 2. The molecule has 1 aliphatic rings. The lowest BCUT2D eigenvalue weighted by molar-refractivity contribution is -0.118. The van der Waals surface area contributed by atoms with E-state index in [0.29, 0.717) is 13.1 Å². The minimum atomic E-state index is -0.246. The summed E-state index contributed by atoms with van der Waals surface area (Å²) in [6, 6.07) is 4.66. The van der Waals surface area contributed by atoms with E-state index in [1.54, 1.807) is 11.0 Å². The second-order valence-electron chi connectivity index (χ2n) is 4.80. The average molecular weight is 259 g/mol. The van der Waals surface area contributed by atoms with Gasteiger partial charge in [-0.1, -0.05) is 0 Å². The Morgan fingerprint density at radius 1 is 1.47 bits per heavy atom. The maximum Gasteiger partial charge on any atom is 0.210 e. The van der Waals surface area contributed by atoms with E-state index in [1.807, 2.05) is 6.92 Å². The zero-order chi connectivity index (χ0) is 13.4. The van der Waals surface area contributed by atoms with Crippen molar-refractivity contribution in [1.29, 1.82) is 0 Å². The van der Waals surface area contributed by atoms with E-state index in [1.165, 1.54) is 12.1 Å². The molecule has 0 spiro atoms. The summed E-state index contributed by atoms with van der Waals surface area (Å²) < 4.78 is 13.1. The Morgan fingerprint density at radius 2 is 2.32 bits per heavy atom. The first-order chi connectivity index (χ1) is 9.17. The molecule has 4 nitrogen and oxygen atoms in total. The van der Waals surface area contributed by atoms with E-state index in [9.17, 15) is 9.18 Å². The Labute approximate surface area is 110 Å². The van der Waals surface area contributed by atoms with Crippen LogP contribution in [0.4, 0.5) is 4.39 Å². The normalized spacial score (nSPS) is 14.3. The van der Waals surface area contributed by atoms with Gasteiger partial charge < -0.3 is 9.88 Å². The molecule has 0 saturated carbocycles. The number of H-pyrrole nitrogens is 1. The Hall–Kier alpha value is -2.17. The summed E-state index contributed by atoms with van der Waals surface area (Å²) in [6.07, 6.45) is 1.61. The molecule has 1 amide bonds. The molecule has 1 aliphatic heterocycles. The predicted octanol–water partition coefficient (Wildman–Crippen LogP) is 2.04. The molecule has 19 heavy (non-hydrogen) atoms. The Balaban J connectivity index is 1.99. The van der Waals surface area contributed by atoms with Gasteiger partial charge >= 0.3 is 0 Å². The number of aryl methyl sites for hydroxylation is 1. The molecule has 2 heterocycles. The van der Waals surface area contributed by atoms with Gasteiger partial charge in [-0.2, -0.15) is 0 Å². The number of halogens is 1. The molecule has 1 aromatic heterocycles. The van der Waals surface area contributed by atoms with Crippen LogP contribution < -0.4 is 0 Å². The summed E-state index contributed by atoms with van der Waals surface area (Å²) in [5, 5.41) is 0. The highest BCUT2D eigenvalue weighted by Crippen LogP contribution is 2.25. The van der Waals surface area contributed by atoms with Crippen molar-refractivity contribution < 1.29 is 9.18 Å². The second-order valence-corrected chi connectivity index (χ2v) is 4.80. The first-order valence-corrected chi connectivity index (χ1v) is 6.21. The molecule has 2 aromatic rings. The van der Waals surface area contributed by atoms with Crippen molar-refractivity contribution in [3.63, 3.8) is 0 Å². The fourth-order valence-corrected chi connectivity index (χ4v) is 2.43. The fourth-order valence-electron chi connectivity index (χ4n) is 2.43. The minimum Gasteiger partial charge on any atom is -0.340 e. The van der Waals surface area contributed by atoms with E-state index in [2.05, 4.69) is 9.97 Å². The van der Waals surface area contributed by atoms with Crippen molar-refractivity contribution in [2.24, 2.45) is 0 Å². The van der Waals surface area contributed by atoms with Crippen molar-refractivity contribution in [3.8, 4) is 11.4 Å². The number of amides is 1. The third kappa shape index (κ3) is 2.12. The van der Waals surface area contributed by atoms with Crippen molar-refractivity contribution in [1.82, 2.24) is 14.9 Å². The number of benzene rings is 1. The summed E-state index contributed by atoms with van der Waals surface area (Å²) >= 11 is 0. The van der Waals surface area contributed by atoms with Crippen molar-refractivity contribution in [3.05, 3.63) is 41.0 Å². The molecule has 0 aliphatic carbocycles. The summed E-state index contributed by atoms with van der Waals surface area (Å²) in [4.78, 5) is 20.3. The van der Waals surface area contributed by atoms with Crippen LogP contribution in [-0.4, -0.2) is 27.8 Å². The zero-order valence-electron chi connectivity index (χ0n) is 10.6. The SMILES string of the molecule is Cc1cc(F)ccc1-c1nc2c([nH]1)CN(C=O)CC2. The van der Waals surface area contributed by atoms with E-state index < -0.39 is 0 Å². The van der Waals surface area contributed by atoms with Gasteiger partial charge in [0.1, 0.15) is 11.6 Å². The number of hydrogen-bond donors (Lipinski definition) is 1. The van der Waals surface area contributed by atoms with Crippen molar-refractivity contribution in [2.75, 3.05) is 6.54 Å². The van der Waals surface area contributed by atoms with E-state index >= 15 is 0 Å². The fraction of sp³-hybridized carbons (Fsp3) is 0.286. The van der Waals surface area contributed by atoms with Crippen LogP contribution in [0.1, 0.15) is 17.0 Å². The van der Waals surface area contributed by atoms with Gasteiger partial charge in [0.05, 0.1) is 17.9 Å². The Kier molecular flexibility index (Phi) is 2.81. The monoisotopic (exact) mass is 259 g/mol. The number of nitrogens with one attached hydrogen (secondary N) is 1. The van der Waals surface area contributed by atoms with Crippen LogP contribution in [0.3, 0.4) is 0 Å². The summed E-state index contributed by atoms with van der Waals surface area (Å²) in [6.45, 7) is 3.12. The molecule has 0 unspecified atom stereocenters. The molecule has 5 heteroatoms. The number of hydrogen-bond acceptors (Lipinski definition) is 2. The predicted molar refractivity (Wildman–Crippen MR) is 68.9 cm³/mol. The highest BCUT2D eigenvalue weighted by Gasteiger charge is 2.20. The van der Waals surface area contributed by atoms with E-state index in [-0.39, 0.29) is 5.82 Å². The second kappa shape index (κ2) is 4.50. The van der Waals surface area contributed by atoms with Crippen LogP contribution in [-0.2, 0) is 17.8 Å². The van der Waals surface area contributed by atoms with E-state index in [4.69, 9.17) is 0 Å². The molecular weight excluding hydrogens is 245 g/mol. The number of imidazole rings is 1. The third-order valence-electron chi connectivity index (χ3n) is 3.45. The number of aromatic amines is 1. The summed E-state index contributed by atoms with van der Waals surface area (Å²) in [7, 11) is 0. The average Bonchev–Trinajstić information content (AvgIpc) is 2.80. The van der Waals surface area contributed by atoms with Gasteiger partial charge in [0, 0.05) is 18.5 Å². The molecule has 98 valence electrons. The van der Waals surface area contributed by atoms with Crippen LogP contribution in [0.15, 0.2) is 18.2 Å². The van der Waals surface area contributed by atoms with Crippen molar-refractivity contribution in [2.45, 2.75) is 19.9 Å². The number of nitrogens with zero attached hydrogens (tertiary/aromatic N) is 2. The quantitative estimate of drug-likeness (QED) is 0.839. The molecular formula is C14H14FN3O. The third-order valence-corrected chi connectivity index (χ3v) is 3.45. The van der Waals surface area contributed by atoms with E-state index in [0.717, 1.165) is 41.2 Å². The maximum absolute atomic E-state index is 13.1. The van der Waals surface area contributed by atoms with Gasteiger partial charge in [0.25, 0.3) is 0 Å². The molecule has 0 saturated heterocycles. The number of carbonyl (C=O) groups is 1. The first-order valence-electron chi connectivity index (χ1n) is 6.21. The molecule has 0 radical (unpaired) electrons. The number of fused-ring (bicyclic) bond motifs is 1. The van der Waals surface area contributed by atoms with Crippen LogP contribution in [0.5, 0.6) is 0 Å². The van der Waals surface area contributed by atoms with Gasteiger partial charge in [0.2, 0.25) is 6.41 Å². The van der Waals surface area contributed by atoms with Crippen LogP contribution in [0.25, 0.3) is 11.4 Å². The van der Waals surface area contributed by atoms with Gasteiger partial charge in [-0.25, -0.2) is 9.37 Å². The van der Waals surface area contributed by atoms with Crippen LogP contribution >= 0.6 is 0 Å². The van der Waals surface area contributed by atoms with Crippen molar-refractivity contribution >= 4 is 6.41 Å². The summed E-state index contributed by atoms with van der Waals surface area (Å²) in [5.41, 5.74) is 3.71. The lowest BCUT2D eigenvalue weighted by Gasteiger charge is -2.21. The Bertz CT molecular complexity index is 636. The molecule has 1 aromatic carbocycles. The highest BCUT2D eigenvalue weighted by atomic mass is 19.1. The molecule has 0 atom stereocenters. The first kappa shape index (κ1) is 11.9. The number of carbonyl (C=O) groups excluding carboxylic acids is 1. The summed E-state index contributed by atoms with van der Waals surface area (Å²) in [5.74, 6) is 0.500. The van der Waals surface area contributed by atoms with Gasteiger partial charge in [-0.05, 0) is 30.7 Å². The van der Waals surface area contributed by atoms with Crippen LogP contribution in [0.2, 0.25) is 0 Å². The van der Waals surface area contributed by atoms with Gasteiger partial charge in [0.15, 0.2) is 0 Å². The van der Waals surface area contributed by atoms with Gasteiger partial charge in [-0.3, -0.25) is 4.79 Å². The van der Waals surface area contributed by atoms with Crippen LogP contribution in [0, 0.1) is 12.7 Å². The Morgan fingerprint density at radius 3 is 3.05 bits per heavy atom. The van der Waals surface area contributed by atoms with Gasteiger partial charge in [-0.15, -0.1) is 0 Å². The minimum absolute atomic E-state index is 0.246.